The van der Waals surface area contributed by atoms with E-state index in [-0.39, 0.29) is 0 Å². The van der Waals surface area contributed by atoms with E-state index in [2.05, 4.69) is 20.6 Å². The van der Waals surface area contributed by atoms with E-state index < -0.39 is 0 Å². The average molecular weight is 231 g/mol. The van der Waals surface area contributed by atoms with Gasteiger partial charge in [-0.25, -0.2) is 15.3 Å². The highest BCUT2D eigenvalue weighted by Crippen LogP contribution is 2.01. The van der Waals surface area contributed by atoms with Crippen LogP contribution in [-0.2, 0) is 0 Å². The van der Waals surface area contributed by atoms with E-state index >= 15 is 0 Å². The minimum atomic E-state index is 0.501. The Balaban J connectivity index is 1.95. The van der Waals surface area contributed by atoms with E-state index in [0.29, 0.717) is 5.11 Å². The molecule has 0 aliphatic rings. The summed E-state index contributed by atoms with van der Waals surface area (Å²) in [7, 11) is 0. The topological polar surface area (TPSA) is 51.1 Å². The number of nitrogens with one attached hydrogen (secondary N) is 3. The smallest absolute Gasteiger partial charge is 0.279 e. The standard InChI is InChI=1S/C11H10N4S/c16-11(14-9-5-1-3-7-12-9)15-10-6-2-4-8-13-10/h1-8H,(H2,12,13,14,15,16)/p+1. The van der Waals surface area contributed by atoms with E-state index in [0.717, 1.165) is 11.6 Å². The molecule has 3 N–H and O–H groups in total. The van der Waals surface area contributed by atoms with Crippen molar-refractivity contribution in [1.82, 2.24) is 4.98 Å². The van der Waals surface area contributed by atoms with Gasteiger partial charge in [-0.2, -0.15) is 0 Å². The van der Waals surface area contributed by atoms with E-state index in [4.69, 9.17) is 12.2 Å². The summed E-state index contributed by atoms with van der Waals surface area (Å²) in [5.41, 5.74) is 0. The Morgan fingerprint density at radius 1 is 1.12 bits per heavy atom. The van der Waals surface area contributed by atoms with Gasteiger partial charge in [0.05, 0.1) is 6.20 Å². The Labute approximate surface area is 98.8 Å². The van der Waals surface area contributed by atoms with Gasteiger partial charge in [0, 0.05) is 12.3 Å². The minimum absolute atomic E-state index is 0.501. The molecule has 0 fully saturated rings. The number of aromatic amines is 1. The molecule has 0 spiro atoms. The van der Waals surface area contributed by atoms with E-state index in [1.165, 1.54) is 0 Å². The normalized spacial score (nSPS) is 9.50. The number of hydrogen-bond donors (Lipinski definition) is 2. The number of H-pyrrole nitrogens is 1. The summed E-state index contributed by atoms with van der Waals surface area (Å²) in [5, 5.41) is 6.50. The summed E-state index contributed by atoms with van der Waals surface area (Å²) in [6.07, 6.45) is 3.53. The highest BCUT2D eigenvalue weighted by Gasteiger charge is 2.05. The SMILES string of the molecule is S=C(Nc1ccccn1)Nc1cccc[nH+]1. The van der Waals surface area contributed by atoms with Gasteiger partial charge in [0.15, 0.2) is 0 Å². The van der Waals surface area contributed by atoms with Crippen LogP contribution in [0.1, 0.15) is 0 Å². The predicted octanol–water partition coefficient (Wildman–Crippen LogP) is 1.70. The van der Waals surface area contributed by atoms with Gasteiger partial charge in [-0.3, -0.25) is 5.32 Å². The zero-order valence-electron chi connectivity index (χ0n) is 8.47. The lowest BCUT2D eigenvalue weighted by Crippen LogP contribution is -2.23. The first-order valence-electron chi connectivity index (χ1n) is 4.80. The molecule has 0 aliphatic carbocycles. The second-order valence-electron chi connectivity index (χ2n) is 3.07. The van der Waals surface area contributed by atoms with Crippen molar-refractivity contribution in [3.8, 4) is 0 Å². The minimum Gasteiger partial charge on any atom is -0.298 e. The fourth-order valence-corrected chi connectivity index (χ4v) is 1.39. The van der Waals surface area contributed by atoms with E-state index in [1.807, 2.05) is 42.6 Å². The number of anilines is 2. The fraction of sp³-hybridized carbons (Fsp3) is 0. The van der Waals surface area contributed by atoms with Crippen molar-refractivity contribution in [3.63, 3.8) is 0 Å². The molecule has 2 heterocycles. The molecule has 0 unspecified atom stereocenters. The third-order valence-electron chi connectivity index (χ3n) is 1.86. The number of nitrogens with zero attached hydrogens (tertiary/aromatic N) is 1. The van der Waals surface area contributed by atoms with Gasteiger partial charge in [0.25, 0.3) is 10.9 Å². The van der Waals surface area contributed by atoms with Crippen molar-refractivity contribution in [3.05, 3.63) is 48.8 Å². The molecule has 4 nitrogen and oxygen atoms in total. The van der Waals surface area contributed by atoms with Gasteiger partial charge in [-0.15, -0.1) is 0 Å². The molecule has 5 heteroatoms. The highest BCUT2D eigenvalue weighted by atomic mass is 32.1. The largest absolute Gasteiger partial charge is 0.298 e. The molecule has 0 aromatic carbocycles. The van der Waals surface area contributed by atoms with E-state index in [1.54, 1.807) is 6.20 Å². The van der Waals surface area contributed by atoms with Gasteiger partial charge in [0.2, 0.25) is 0 Å². The maximum Gasteiger partial charge on any atom is 0.279 e. The average Bonchev–Trinajstić information content (AvgIpc) is 2.31. The Bertz CT molecular complexity index is 414. The molecule has 0 radical (unpaired) electrons. The number of hydrogen-bond acceptors (Lipinski definition) is 2. The maximum atomic E-state index is 5.14. The van der Waals surface area contributed by atoms with Crippen LogP contribution < -0.4 is 15.6 Å². The Kier molecular flexibility index (Phi) is 3.40. The van der Waals surface area contributed by atoms with Crippen molar-refractivity contribution in [2.45, 2.75) is 0 Å². The molecule has 0 saturated heterocycles. The maximum absolute atomic E-state index is 5.14. The number of aromatic nitrogens is 2. The molecule has 0 aliphatic heterocycles. The van der Waals surface area contributed by atoms with Crippen LogP contribution in [0.3, 0.4) is 0 Å². The summed E-state index contributed by atoms with van der Waals surface area (Å²) >= 11 is 5.14. The monoisotopic (exact) mass is 231 g/mol. The first-order chi connectivity index (χ1) is 7.84. The van der Waals surface area contributed by atoms with Crippen molar-refractivity contribution in [1.29, 1.82) is 0 Å². The lowest BCUT2D eigenvalue weighted by atomic mass is 10.4. The number of thiocarbonyl (C=S) groups is 1. The quantitative estimate of drug-likeness (QED) is 0.772. The predicted molar refractivity (Wildman–Crippen MR) is 67.1 cm³/mol. The van der Waals surface area contributed by atoms with Crippen molar-refractivity contribution in [2.24, 2.45) is 0 Å². The number of pyridine rings is 2. The van der Waals surface area contributed by atoms with Crippen LogP contribution in [-0.4, -0.2) is 10.1 Å². The second kappa shape index (κ2) is 5.18. The summed E-state index contributed by atoms with van der Waals surface area (Å²) < 4.78 is 0. The Morgan fingerprint density at radius 2 is 2.00 bits per heavy atom. The molecule has 80 valence electrons. The lowest BCUT2D eigenvalue weighted by molar-refractivity contribution is -0.360. The van der Waals surface area contributed by atoms with Gasteiger partial charge in [-0.1, -0.05) is 12.1 Å². The summed E-state index contributed by atoms with van der Waals surface area (Å²) in [6.45, 7) is 0. The third-order valence-corrected chi connectivity index (χ3v) is 2.07. The number of rotatable bonds is 2. The van der Waals surface area contributed by atoms with Crippen LogP contribution in [0.5, 0.6) is 0 Å². The Morgan fingerprint density at radius 3 is 2.69 bits per heavy atom. The van der Waals surface area contributed by atoms with Crippen molar-refractivity contribution < 1.29 is 4.98 Å². The molecule has 0 atom stereocenters. The molecule has 2 rings (SSSR count). The first-order valence-corrected chi connectivity index (χ1v) is 5.21. The Hall–Kier alpha value is -2.01. The first kappa shape index (κ1) is 10.5. The van der Waals surface area contributed by atoms with E-state index in [9.17, 15) is 0 Å². The van der Waals surface area contributed by atoms with Crippen molar-refractivity contribution >= 4 is 29.0 Å². The molecule has 2 aromatic rings. The summed E-state index contributed by atoms with van der Waals surface area (Å²) in [5.74, 6) is 1.55. The van der Waals surface area contributed by atoms with Crippen LogP contribution in [0.4, 0.5) is 11.6 Å². The van der Waals surface area contributed by atoms with Crippen molar-refractivity contribution in [2.75, 3.05) is 10.6 Å². The van der Waals surface area contributed by atoms with Crippen LogP contribution >= 0.6 is 12.2 Å². The molecule has 0 bridgehead atoms. The molecule has 0 amide bonds. The van der Waals surface area contributed by atoms with Crippen LogP contribution in [0.2, 0.25) is 0 Å². The molecular weight excluding hydrogens is 220 g/mol. The molecule has 0 saturated carbocycles. The summed E-state index contributed by atoms with van der Waals surface area (Å²) in [6, 6.07) is 11.3. The third kappa shape index (κ3) is 2.99. The van der Waals surface area contributed by atoms with Gasteiger partial charge in [0.1, 0.15) is 5.82 Å². The summed E-state index contributed by atoms with van der Waals surface area (Å²) in [4.78, 5) is 7.14. The van der Waals surface area contributed by atoms with Crippen LogP contribution in [0.15, 0.2) is 48.8 Å². The van der Waals surface area contributed by atoms with Crippen LogP contribution in [0.25, 0.3) is 0 Å². The fourth-order valence-electron chi connectivity index (χ4n) is 1.18. The van der Waals surface area contributed by atoms with Crippen LogP contribution in [0, 0.1) is 0 Å². The molecular formula is C11H11N4S+. The lowest BCUT2D eigenvalue weighted by Gasteiger charge is -2.02. The second-order valence-corrected chi connectivity index (χ2v) is 3.48. The van der Waals surface area contributed by atoms with Gasteiger partial charge >= 0.3 is 0 Å². The van der Waals surface area contributed by atoms with Gasteiger partial charge in [-0.05, 0) is 30.4 Å². The zero-order valence-corrected chi connectivity index (χ0v) is 9.29. The molecule has 2 aromatic heterocycles. The van der Waals surface area contributed by atoms with Gasteiger partial charge < -0.3 is 0 Å². The molecule has 16 heavy (non-hydrogen) atoms. The zero-order chi connectivity index (χ0) is 11.2. The highest BCUT2D eigenvalue weighted by molar-refractivity contribution is 7.80.